The van der Waals surface area contributed by atoms with E-state index >= 15 is 0 Å². The van der Waals surface area contributed by atoms with Crippen molar-refractivity contribution in [2.24, 2.45) is 0 Å². The molecule has 3 aromatic carbocycles. The van der Waals surface area contributed by atoms with Crippen molar-refractivity contribution in [1.29, 1.82) is 10.5 Å². The number of benzene rings is 3. The van der Waals surface area contributed by atoms with Crippen LogP contribution < -0.4 is 10.6 Å². The van der Waals surface area contributed by atoms with Gasteiger partial charge in [-0.15, -0.1) is 0 Å². The molecule has 0 saturated carbocycles. The first kappa shape index (κ1) is 23.3. The van der Waals surface area contributed by atoms with Gasteiger partial charge in [0, 0.05) is 23.5 Å². The number of rotatable bonds is 6. The van der Waals surface area contributed by atoms with E-state index in [2.05, 4.69) is 16.7 Å². The smallest absolute Gasteiger partial charge is 0.382 e. The highest BCUT2D eigenvalue weighted by atomic mass is 19.4. The van der Waals surface area contributed by atoms with Crippen molar-refractivity contribution in [3.05, 3.63) is 83.4 Å². The number of anilines is 2. The molecule has 9 heteroatoms. The summed E-state index contributed by atoms with van der Waals surface area (Å²) in [5.41, 5.74) is 0.523. The van der Waals surface area contributed by atoms with E-state index in [1.807, 2.05) is 30.3 Å². The molecule has 1 amide bonds. The lowest BCUT2D eigenvalue weighted by molar-refractivity contribution is -0.137. The number of amides is 1. The van der Waals surface area contributed by atoms with E-state index in [9.17, 15) is 28.3 Å². The maximum absolute atomic E-state index is 13.1. The first-order valence-corrected chi connectivity index (χ1v) is 9.66. The minimum absolute atomic E-state index is 0.199. The van der Waals surface area contributed by atoms with Crippen molar-refractivity contribution in [3.63, 3.8) is 0 Å². The Morgan fingerprint density at radius 1 is 0.939 bits per heavy atom. The number of nitrogens with zero attached hydrogens (tertiary/aromatic N) is 2. The number of alkyl halides is 3. The van der Waals surface area contributed by atoms with Crippen LogP contribution in [0.5, 0.6) is 0 Å². The summed E-state index contributed by atoms with van der Waals surface area (Å²) in [6.45, 7) is -0.228. The Labute approximate surface area is 187 Å². The highest BCUT2D eigenvalue weighted by Crippen LogP contribution is 2.33. The quantitative estimate of drug-likeness (QED) is 0.511. The van der Waals surface area contributed by atoms with Crippen LogP contribution in [-0.4, -0.2) is 23.7 Å². The molecule has 0 aliphatic carbocycles. The highest BCUT2D eigenvalue weighted by Gasteiger charge is 2.34. The molecule has 3 aromatic rings. The Morgan fingerprint density at radius 3 is 2.21 bits per heavy atom. The average molecular weight is 450 g/mol. The van der Waals surface area contributed by atoms with Gasteiger partial charge in [0.05, 0.1) is 28.8 Å². The maximum atomic E-state index is 13.1. The first-order chi connectivity index (χ1) is 15.7. The second-order valence-electron chi connectivity index (χ2n) is 6.99. The number of nitrogens with one attached hydrogen (secondary N) is 2. The fraction of sp³-hybridized carbons (Fsp3) is 0.125. The van der Waals surface area contributed by atoms with Gasteiger partial charge < -0.3 is 15.7 Å². The van der Waals surface area contributed by atoms with Crippen LogP contribution in [0.3, 0.4) is 0 Å². The van der Waals surface area contributed by atoms with Crippen molar-refractivity contribution in [1.82, 2.24) is 0 Å². The summed E-state index contributed by atoms with van der Waals surface area (Å²) in [5, 5.41) is 33.5. The summed E-state index contributed by atoms with van der Waals surface area (Å²) in [7, 11) is 0. The van der Waals surface area contributed by atoms with Crippen LogP contribution in [-0.2, 0) is 11.0 Å². The molecule has 0 radical (unpaired) electrons. The molecule has 0 aromatic heterocycles. The fourth-order valence-corrected chi connectivity index (χ4v) is 3.10. The lowest BCUT2D eigenvalue weighted by atomic mass is 9.99. The summed E-state index contributed by atoms with van der Waals surface area (Å²) < 4.78 is 39.3. The third-order valence-electron chi connectivity index (χ3n) is 4.74. The van der Waals surface area contributed by atoms with Gasteiger partial charge >= 0.3 is 6.18 Å². The second kappa shape index (κ2) is 9.86. The predicted molar refractivity (Wildman–Crippen MR) is 116 cm³/mol. The number of carbonyl (C=O) groups excluding carboxylic acids is 1. The van der Waals surface area contributed by atoms with Gasteiger partial charge in [-0.05, 0) is 42.0 Å². The third kappa shape index (κ3) is 5.67. The van der Waals surface area contributed by atoms with Crippen molar-refractivity contribution in [2.75, 3.05) is 17.2 Å². The SMILES string of the molecule is N#Cc1ccc(NCC(O)C(=O)Nc2ccc(C#N)c(C(F)(F)F)c2)cc1-c1ccccc1. The van der Waals surface area contributed by atoms with E-state index in [1.165, 1.54) is 6.07 Å². The van der Waals surface area contributed by atoms with E-state index in [1.54, 1.807) is 18.2 Å². The molecular formula is C24H17F3N4O2. The molecule has 1 atom stereocenters. The van der Waals surface area contributed by atoms with Crippen LogP contribution in [0.1, 0.15) is 16.7 Å². The van der Waals surface area contributed by atoms with Crippen LogP contribution in [0.25, 0.3) is 11.1 Å². The van der Waals surface area contributed by atoms with Gasteiger partial charge in [-0.1, -0.05) is 30.3 Å². The molecular weight excluding hydrogens is 433 g/mol. The van der Waals surface area contributed by atoms with Crippen LogP contribution in [0.15, 0.2) is 66.7 Å². The van der Waals surface area contributed by atoms with Crippen molar-refractivity contribution >= 4 is 17.3 Å². The number of aliphatic hydroxyl groups is 1. The van der Waals surface area contributed by atoms with Gasteiger partial charge in [0.1, 0.15) is 6.10 Å². The molecule has 0 spiro atoms. The zero-order chi connectivity index (χ0) is 24.0. The number of nitriles is 2. The topological polar surface area (TPSA) is 109 Å². The second-order valence-corrected chi connectivity index (χ2v) is 6.99. The predicted octanol–water partition coefficient (Wildman–Crippen LogP) is 4.53. The Hall–Kier alpha value is -4.34. The van der Waals surface area contributed by atoms with Crippen LogP contribution >= 0.6 is 0 Å². The molecule has 3 N–H and O–H groups in total. The molecule has 0 saturated heterocycles. The summed E-state index contributed by atoms with van der Waals surface area (Å²) in [6, 6.07) is 20.4. The Bertz CT molecular complexity index is 1250. The monoisotopic (exact) mass is 450 g/mol. The van der Waals surface area contributed by atoms with E-state index in [0.29, 0.717) is 22.9 Å². The normalized spacial score (nSPS) is 11.7. The number of hydrogen-bond acceptors (Lipinski definition) is 5. The van der Waals surface area contributed by atoms with Crippen LogP contribution in [0.4, 0.5) is 24.5 Å². The molecule has 1 unspecified atom stereocenters. The highest BCUT2D eigenvalue weighted by molar-refractivity contribution is 5.94. The zero-order valence-electron chi connectivity index (χ0n) is 17.0. The molecule has 0 aliphatic rings. The molecule has 0 fully saturated rings. The van der Waals surface area contributed by atoms with Gasteiger partial charge in [-0.3, -0.25) is 4.79 Å². The molecule has 0 aliphatic heterocycles. The van der Waals surface area contributed by atoms with E-state index < -0.39 is 29.3 Å². The van der Waals surface area contributed by atoms with Crippen molar-refractivity contribution < 1.29 is 23.1 Å². The molecule has 0 heterocycles. The molecule has 166 valence electrons. The van der Waals surface area contributed by atoms with E-state index in [4.69, 9.17) is 5.26 Å². The van der Waals surface area contributed by atoms with Gasteiger partial charge in [-0.2, -0.15) is 23.7 Å². The summed E-state index contributed by atoms with van der Waals surface area (Å²) in [4.78, 5) is 12.2. The first-order valence-electron chi connectivity index (χ1n) is 9.66. The largest absolute Gasteiger partial charge is 0.417 e. The third-order valence-corrected chi connectivity index (χ3v) is 4.74. The molecule has 6 nitrogen and oxygen atoms in total. The van der Waals surface area contributed by atoms with Gasteiger partial charge in [0.15, 0.2) is 0 Å². The van der Waals surface area contributed by atoms with Gasteiger partial charge in [-0.25, -0.2) is 0 Å². The lowest BCUT2D eigenvalue weighted by Gasteiger charge is -2.15. The minimum Gasteiger partial charge on any atom is -0.382 e. The van der Waals surface area contributed by atoms with Crippen molar-refractivity contribution in [3.8, 4) is 23.3 Å². The maximum Gasteiger partial charge on any atom is 0.417 e. The number of carbonyl (C=O) groups is 1. The minimum atomic E-state index is -4.77. The fourth-order valence-electron chi connectivity index (χ4n) is 3.10. The average Bonchev–Trinajstić information content (AvgIpc) is 2.82. The van der Waals surface area contributed by atoms with Gasteiger partial charge in [0.2, 0.25) is 0 Å². The molecule has 3 rings (SSSR count). The van der Waals surface area contributed by atoms with E-state index in [0.717, 1.165) is 17.7 Å². The molecule has 0 bridgehead atoms. The Kier molecular flexibility index (Phi) is 6.97. The van der Waals surface area contributed by atoms with Gasteiger partial charge in [0.25, 0.3) is 5.91 Å². The zero-order valence-corrected chi connectivity index (χ0v) is 17.0. The Balaban J connectivity index is 1.69. The van der Waals surface area contributed by atoms with E-state index in [-0.39, 0.29) is 12.2 Å². The van der Waals surface area contributed by atoms with Crippen LogP contribution in [0.2, 0.25) is 0 Å². The lowest BCUT2D eigenvalue weighted by Crippen LogP contribution is -2.33. The standard InChI is InChI=1S/C24H17F3N4O2/c25-24(26,27)21-11-19(9-7-17(21)13-29)31-23(33)22(32)14-30-18-8-6-16(12-28)20(10-18)15-4-2-1-3-5-15/h1-11,22,30,32H,14H2,(H,31,33). The molecule has 33 heavy (non-hydrogen) atoms. The van der Waals surface area contributed by atoms with Crippen LogP contribution in [0, 0.1) is 22.7 Å². The number of hydrogen-bond donors (Lipinski definition) is 3. The number of aliphatic hydroxyl groups excluding tert-OH is 1. The van der Waals surface area contributed by atoms with Crippen molar-refractivity contribution in [2.45, 2.75) is 12.3 Å². The summed E-state index contributed by atoms with van der Waals surface area (Å²) in [5.74, 6) is -0.919. The number of halogens is 3. The Morgan fingerprint density at radius 2 is 1.58 bits per heavy atom. The summed E-state index contributed by atoms with van der Waals surface area (Å²) >= 11 is 0. The summed E-state index contributed by atoms with van der Waals surface area (Å²) in [6.07, 6.45) is -6.34.